The monoisotopic (exact) mass is 365 g/mol. The molecular formula is C21H20FN3O2. The molecule has 138 valence electrons. The van der Waals surface area contributed by atoms with Crippen molar-refractivity contribution in [2.24, 2.45) is 0 Å². The highest BCUT2D eigenvalue weighted by atomic mass is 19.1. The number of amides is 2. The fourth-order valence-electron chi connectivity index (χ4n) is 3.57. The minimum absolute atomic E-state index is 0.137. The van der Waals surface area contributed by atoms with Crippen LogP contribution in [-0.2, 0) is 16.0 Å². The third-order valence-corrected chi connectivity index (χ3v) is 4.92. The van der Waals surface area contributed by atoms with Gasteiger partial charge in [0.2, 0.25) is 11.8 Å². The van der Waals surface area contributed by atoms with Crippen LogP contribution in [0.5, 0.6) is 0 Å². The Morgan fingerprint density at radius 1 is 1.19 bits per heavy atom. The summed E-state index contributed by atoms with van der Waals surface area (Å²) in [6, 6.07) is 14.0. The number of aromatic amines is 1. The van der Waals surface area contributed by atoms with E-state index in [0.717, 1.165) is 27.7 Å². The summed E-state index contributed by atoms with van der Waals surface area (Å²) in [5.41, 5.74) is 3.62. The first kappa shape index (κ1) is 17.3. The molecular weight excluding hydrogens is 345 g/mol. The fourth-order valence-corrected chi connectivity index (χ4v) is 3.57. The van der Waals surface area contributed by atoms with Gasteiger partial charge in [0, 0.05) is 29.6 Å². The molecule has 1 aromatic heterocycles. The molecule has 0 aliphatic carbocycles. The fraction of sp³-hybridized carbons (Fsp3) is 0.238. The van der Waals surface area contributed by atoms with Gasteiger partial charge in [0.05, 0.1) is 0 Å². The molecule has 1 saturated heterocycles. The van der Waals surface area contributed by atoms with E-state index in [0.29, 0.717) is 19.4 Å². The number of hydrogen-bond donors (Lipinski definition) is 3. The van der Waals surface area contributed by atoms with Gasteiger partial charge in [-0.2, -0.15) is 0 Å². The van der Waals surface area contributed by atoms with E-state index in [4.69, 9.17) is 0 Å². The van der Waals surface area contributed by atoms with Gasteiger partial charge < -0.3 is 15.6 Å². The molecule has 1 aliphatic heterocycles. The number of rotatable bonds is 5. The minimum atomic E-state index is -0.452. The first-order valence-electron chi connectivity index (χ1n) is 9.04. The average Bonchev–Trinajstić information content (AvgIpc) is 3.24. The Hall–Kier alpha value is -3.15. The highest BCUT2D eigenvalue weighted by Crippen LogP contribution is 2.31. The topological polar surface area (TPSA) is 74.0 Å². The number of halogens is 1. The zero-order chi connectivity index (χ0) is 18.8. The minimum Gasteiger partial charge on any atom is -0.354 e. The smallest absolute Gasteiger partial charge is 0.242 e. The Bertz CT molecular complexity index is 997. The van der Waals surface area contributed by atoms with E-state index in [1.54, 1.807) is 6.07 Å². The number of aryl methyl sites for hydroxylation is 1. The van der Waals surface area contributed by atoms with Crippen LogP contribution in [0.4, 0.5) is 4.39 Å². The Kier molecular flexibility index (Phi) is 4.62. The number of carbonyl (C=O) groups is 2. The number of aromatic nitrogens is 1. The lowest BCUT2D eigenvalue weighted by Gasteiger charge is -2.10. The molecule has 5 nitrogen and oxygen atoms in total. The van der Waals surface area contributed by atoms with Crippen molar-refractivity contribution < 1.29 is 14.0 Å². The lowest BCUT2D eigenvalue weighted by molar-refractivity contribution is -0.127. The summed E-state index contributed by atoms with van der Waals surface area (Å²) in [5, 5.41) is 6.26. The molecule has 2 heterocycles. The van der Waals surface area contributed by atoms with Crippen LogP contribution in [0, 0.1) is 5.82 Å². The molecule has 2 aromatic carbocycles. The van der Waals surface area contributed by atoms with Crippen LogP contribution >= 0.6 is 0 Å². The third-order valence-electron chi connectivity index (χ3n) is 4.92. The van der Waals surface area contributed by atoms with Gasteiger partial charge in [-0.1, -0.05) is 30.3 Å². The molecule has 27 heavy (non-hydrogen) atoms. The molecule has 0 saturated carbocycles. The number of carbonyl (C=O) groups excluding carboxylic acids is 2. The molecule has 3 N–H and O–H groups in total. The lowest BCUT2D eigenvalue weighted by atomic mass is 10.0. The standard InChI is InChI=1S/C21H20FN3O2/c22-14-6-8-17-16(12-14)15(20(25-17)13-4-2-1-3-5-13)7-9-19(26)24-18-10-11-23-21(18)27/h1-6,8,12,18,25H,7,9-11H2,(H,23,27)(H,24,26)/t18-/m0/s1. The van der Waals surface area contributed by atoms with Gasteiger partial charge in [-0.25, -0.2) is 4.39 Å². The summed E-state index contributed by atoms with van der Waals surface area (Å²) in [4.78, 5) is 27.3. The second-order valence-corrected chi connectivity index (χ2v) is 6.73. The average molecular weight is 365 g/mol. The summed E-state index contributed by atoms with van der Waals surface area (Å²) in [7, 11) is 0. The molecule has 6 heteroatoms. The van der Waals surface area contributed by atoms with Crippen LogP contribution in [0.25, 0.3) is 22.2 Å². The second kappa shape index (κ2) is 7.23. The summed E-state index contributed by atoms with van der Waals surface area (Å²) in [6.07, 6.45) is 1.29. The van der Waals surface area contributed by atoms with Crippen molar-refractivity contribution in [1.29, 1.82) is 0 Å². The van der Waals surface area contributed by atoms with Crippen molar-refractivity contribution in [2.45, 2.75) is 25.3 Å². The van der Waals surface area contributed by atoms with E-state index in [9.17, 15) is 14.0 Å². The summed E-state index contributed by atoms with van der Waals surface area (Å²) in [6.45, 7) is 0.587. The molecule has 0 bridgehead atoms. The Morgan fingerprint density at radius 3 is 2.74 bits per heavy atom. The molecule has 2 amide bonds. The quantitative estimate of drug-likeness (QED) is 0.650. The maximum atomic E-state index is 13.8. The number of fused-ring (bicyclic) bond motifs is 1. The SMILES string of the molecule is O=C(CCc1c(-c2ccccc2)[nH]c2ccc(F)cc12)N[C@H]1CCNC1=O. The number of benzene rings is 2. The summed E-state index contributed by atoms with van der Waals surface area (Å²) >= 11 is 0. The van der Waals surface area contributed by atoms with E-state index in [2.05, 4.69) is 15.6 Å². The van der Waals surface area contributed by atoms with E-state index in [1.165, 1.54) is 12.1 Å². The van der Waals surface area contributed by atoms with Gasteiger partial charge in [-0.05, 0) is 42.2 Å². The first-order valence-corrected chi connectivity index (χ1v) is 9.04. The van der Waals surface area contributed by atoms with Crippen LogP contribution in [0.1, 0.15) is 18.4 Å². The first-order chi connectivity index (χ1) is 13.1. The molecule has 1 aliphatic rings. The predicted molar refractivity (Wildman–Crippen MR) is 102 cm³/mol. The van der Waals surface area contributed by atoms with E-state index >= 15 is 0 Å². The highest BCUT2D eigenvalue weighted by molar-refractivity contribution is 5.92. The van der Waals surface area contributed by atoms with Gasteiger partial charge in [0.25, 0.3) is 0 Å². The van der Waals surface area contributed by atoms with E-state index in [-0.39, 0.29) is 24.1 Å². The molecule has 0 radical (unpaired) electrons. The molecule has 3 aromatic rings. The summed E-state index contributed by atoms with van der Waals surface area (Å²) < 4.78 is 13.8. The van der Waals surface area contributed by atoms with Gasteiger partial charge in [-0.3, -0.25) is 9.59 Å². The third kappa shape index (κ3) is 3.56. The van der Waals surface area contributed by atoms with Gasteiger partial charge in [0.15, 0.2) is 0 Å². The predicted octanol–water partition coefficient (Wildman–Crippen LogP) is 2.91. The highest BCUT2D eigenvalue weighted by Gasteiger charge is 2.25. The summed E-state index contributed by atoms with van der Waals surface area (Å²) in [5.74, 6) is -0.626. The van der Waals surface area contributed by atoms with Crippen LogP contribution < -0.4 is 10.6 Å². The number of nitrogens with one attached hydrogen (secondary N) is 3. The number of hydrogen-bond acceptors (Lipinski definition) is 2. The number of H-pyrrole nitrogens is 1. The molecule has 1 atom stereocenters. The Labute approximate surface area is 156 Å². The normalized spacial score (nSPS) is 16.5. The second-order valence-electron chi connectivity index (χ2n) is 6.73. The van der Waals surface area contributed by atoms with Crippen molar-refractivity contribution in [3.8, 4) is 11.3 Å². The van der Waals surface area contributed by atoms with E-state index in [1.807, 2.05) is 30.3 Å². The van der Waals surface area contributed by atoms with Crippen LogP contribution in [0.3, 0.4) is 0 Å². The van der Waals surface area contributed by atoms with Crippen molar-refractivity contribution >= 4 is 22.7 Å². The van der Waals surface area contributed by atoms with Crippen molar-refractivity contribution in [3.05, 3.63) is 59.9 Å². The van der Waals surface area contributed by atoms with Crippen LogP contribution in [0.15, 0.2) is 48.5 Å². The van der Waals surface area contributed by atoms with Gasteiger partial charge in [0.1, 0.15) is 11.9 Å². The molecule has 0 spiro atoms. The molecule has 4 rings (SSSR count). The Morgan fingerprint density at radius 2 is 2.00 bits per heavy atom. The van der Waals surface area contributed by atoms with Crippen LogP contribution in [-0.4, -0.2) is 29.4 Å². The van der Waals surface area contributed by atoms with Gasteiger partial charge in [-0.15, -0.1) is 0 Å². The molecule has 1 fully saturated rings. The van der Waals surface area contributed by atoms with Crippen molar-refractivity contribution in [3.63, 3.8) is 0 Å². The lowest BCUT2D eigenvalue weighted by Crippen LogP contribution is -2.40. The van der Waals surface area contributed by atoms with Crippen molar-refractivity contribution in [2.75, 3.05) is 6.54 Å². The molecule has 0 unspecified atom stereocenters. The van der Waals surface area contributed by atoms with E-state index < -0.39 is 6.04 Å². The van der Waals surface area contributed by atoms with Crippen molar-refractivity contribution in [1.82, 2.24) is 15.6 Å². The maximum absolute atomic E-state index is 13.8. The maximum Gasteiger partial charge on any atom is 0.242 e. The van der Waals surface area contributed by atoms with Gasteiger partial charge >= 0.3 is 0 Å². The zero-order valence-corrected chi connectivity index (χ0v) is 14.7. The zero-order valence-electron chi connectivity index (χ0n) is 14.7. The largest absolute Gasteiger partial charge is 0.354 e. The Balaban J connectivity index is 1.60. The van der Waals surface area contributed by atoms with Crippen LogP contribution in [0.2, 0.25) is 0 Å².